The highest BCUT2D eigenvalue weighted by molar-refractivity contribution is 9.10. The molecule has 0 atom stereocenters. The largest absolute Gasteiger partial charge is 0.395 e. The monoisotopic (exact) mass is 317 g/mol. The molecule has 0 N–H and O–H groups in total. The van der Waals surface area contributed by atoms with Gasteiger partial charge in [-0.05, 0) is 31.2 Å². The normalized spacial score (nSPS) is 10.8. The van der Waals surface area contributed by atoms with E-state index in [2.05, 4.69) is 20.9 Å². The van der Waals surface area contributed by atoms with Crippen molar-refractivity contribution in [3.05, 3.63) is 34.7 Å². The summed E-state index contributed by atoms with van der Waals surface area (Å²) in [5, 5.41) is 0.799. The predicted octanol–water partition coefficient (Wildman–Crippen LogP) is 4.11. The van der Waals surface area contributed by atoms with Crippen molar-refractivity contribution in [1.29, 1.82) is 0 Å². The number of benzene rings is 1. The average molecular weight is 318 g/mol. The SMILES string of the molecule is CCOSOc1cc2cc(Br)ccc2nc1F. The third-order valence-electron chi connectivity index (χ3n) is 1.99. The Morgan fingerprint density at radius 2 is 2.24 bits per heavy atom. The zero-order chi connectivity index (χ0) is 12.3. The Balaban J connectivity index is 2.32. The number of aromatic nitrogens is 1. The minimum Gasteiger partial charge on any atom is -0.395 e. The van der Waals surface area contributed by atoms with Gasteiger partial charge in [0, 0.05) is 9.86 Å². The van der Waals surface area contributed by atoms with Gasteiger partial charge in [0.05, 0.1) is 12.1 Å². The molecule has 2 aromatic rings. The van der Waals surface area contributed by atoms with Gasteiger partial charge in [-0.2, -0.15) is 4.39 Å². The second-order valence-electron chi connectivity index (χ2n) is 3.17. The van der Waals surface area contributed by atoms with E-state index in [9.17, 15) is 4.39 Å². The lowest BCUT2D eigenvalue weighted by Crippen LogP contribution is -1.92. The van der Waals surface area contributed by atoms with Crippen LogP contribution in [0.15, 0.2) is 28.7 Å². The Labute approximate surface area is 111 Å². The van der Waals surface area contributed by atoms with Crippen LogP contribution >= 0.6 is 28.3 Å². The van der Waals surface area contributed by atoms with Gasteiger partial charge >= 0.3 is 0 Å². The first-order chi connectivity index (χ1) is 8.20. The third kappa shape index (κ3) is 3.08. The Hall–Kier alpha value is -0.850. The van der Waals surface area contributed by atoms with Crippen molar-refractivity contribution in [1.82, 2.24) is 4.98 Å². The number of halogens is 2. The van der Waals surface area contributed by atoms with Gasteiger partial charge in [-0.15, -0.1) is 0 Å². The molecule has 1 heterocycles. The standard InChI is InChI=1S/C11H9BrFNO2S/c1-2-15-17-16-10-6-7-5-8(12)3-4-9(7)14-11(10)13/h3-6H,2H2,1H3. The second kappa shape index (κ2) is 5.66. The Bertz CT molecular complexity index is 538. The summed E-state index contributed by atoms with van der Waals surface area (Å²) >= 11 is 4.09. The molecule has 0 radical (unpaired) electrons. The maximum Gasteiger partial charge on any atom is 0.257 e. The molecule has 0 aliphatic heterocycles. The number of rotatable bonds is 4. The predicted molar refractivity (Wildman–Crippen MR) is 69.2 cm³/mol. The molecule has 0 aliphatic rings. The molecule has 1 aromatic carbocycles. The number of hydrogen-bond donors (Lipinski definition) is 0. The van der Waals surface area contributed by atoms with Crippen molar-refractivity contribution in [3.63, 3.8) is 0 Å². The summed E-state index contributed by atoms with van der Waals surface area (Å²) in [6.45, 7) is 2.31. The summed E-state index contributed by atoms with van der Waals surface area (Å²) < 4.78 is 24.4. The van der Waals surface area contributed by atoms with Crippen LogP contribution in [0.25, 0.3) is 10.9 Å². The van der Waals surface area contributed by atoms with Crippen molar-refractivity contribution >= 4 is 39.2 Å². The Kier molecular flexibility index (Phi) is 4.20. The summed E-state index contributed by atoms with van der Waals surface area (Å²) in [6, 6.07) is 6.99. The molecule has 0 unspecified atom stereocenters. The van der Waals surface area contributed by atoms with Gasteiger partial charge in [0.25, 0.3) is 5.95 Å². The van der Waals surface area contributed by atoms with Crippen molar-refractivity contribution in [2.75, 3.05) is 6.61 Å². The van der Waals surface area contributed by atoms with E-state index >= 15 is 0 Å². The molecule has 90 valence electrons. The zero-order valence-electron chi connectivity index (χ0n) is 8.94. The van der Waals surface area contributed by atoms with Crippen LogP contribution in [0.2, 0.25) is 0 Å². The number of fused-ring (bicyclic) bond motifs is 1. The fourth-order valence-electron chi connectivity index (χ4n) is 1.27. The Morgan fingerprint density at radius 1 is 1.41 bits per heavy atom. The van der Waals surface area contributed by atoms with Crippen LogP contribution in [0.4, 0.5) is 4.39 Å². The molecule has 2 rings (SSSR count). The van der Waals surface area contributed by atoms with Crippen molar-refractivity contribution in [3.8, 4) is 5.75 Å². The number of nitrogens with zero attached hydrogens (tertiary/aromatic N) is 1. The van der Waals surface area contributed by atoms with Gasteiger partial charge in [-0.25, -0.2) is 4.98 Å². The van der Waals surface area contributed by atoms with Gasteiger partial charge in [0.1, 0.15) is 0 Å². The molecule has 0 bridgehead atoms. The van der Waals surface area contributed by atoms with Crippen LogP contribution in [-0.4, -0.2) is 11.6 Å². The van der Waals surface area contributed by atoms with Gasteiger partial charge < -0.3 is 4.18 Å². The summed E-state index contributed by atoms with van der Waals surface area (Å²) in [4.78, 5) is 3.81. The average Bonchev–Trinajstić information content (AvgIpc) is 2.31. The van der Waals surface area contributed by atoms with E-state index in [4.69, 9.17) is 8.37 Å². The highest BCUT2D eigenvalue weighted by atomic mass is 79.9. The quantitative estimate of drug-likeness (QED) is 0.482. The molecule has 1 aromatic heterocycles. The molecule has 0 amide bonds. The van der Waals surface area contributed by atoms with Crippen LogP contribution in [0.3, 0.4) is 0 Å². The first-order valence-corrected chi connectivity index (χ1v) is 6.38. The number of hydrogen-bond acceptors (Lipinski definition) is 4. The first kappa shape index (κ1) is 12.6. The van der Waals surface area contributed by atoms with Crippen molar-refractivity contribution in [2.24, 2.45) is 0 Å². The molecular formula is C11H9BrFNO2S. The minimum atomic E-state index is -0.646. The van der Waals surface area contributed by atoms with E-state index in [1.807, 2.05) is 19.1 Å². The molecule has 6 heteroatoms. The maximum atomic E-state index is 13.5. The topological polar surface area (TPSA) is 31.4 Å². The van der Waals surface area contributed by atoms with Crippen LogP contribution in [0.5, 0.6) is 5.75 Å². The molecule has 17 heavy (non-hydrogen) atoms. The number of pyridine rings is 1. The van der Waals surface area contributed by atoms with Crippen LogP contribution in [0, 0.1) is 5.95 Å². The lowest BCUT2D eigenvalue weighted by molar-refractivity contribution is 0.364. The van der Waals surface area contributed by atoms with E-state index in [1.54, 1.807) is 12.1 Å². The van der Waals surface area contributed by atoms with E-state index in [0.717, 1.165) is 22.2 Å². The maximum absolute atomic E-state index is 13.5. The molecule has 3 nitrogen and oxygen atoms in total. The van der Waals surface area contributed by atoms with Crippen LogP contribution in [0.1, 0.15) is 6.92 Å². The molecule has 0 aliphatic carbocycles. The van der Waals surface area contributed by atoms with Gasteiger partial charge in [-0.1, -0.05) is 15.9 Å². The molecule has 0 fully saturated rings. The second-order valence-corrected chi connectivity index (χ2v) is 4.63. The van der Waals surface area contributed by atoms with E-state index in [1.165, 1.54) is 0 Å². The highest BCUT2D eigenvalue weighted by Gasteiger charge is 2.09. The molecule has 0 saturated carbocycles. The van der Waals surface area contributed by atoms with Crippen molar-refractivity contribution < 1.29 is 12.8 Å². The minimum absolute atomic E-state index is 0.0639. The smallest absolute Gasteiger partial charge is 0.257 e. The lowest BCUT2D eigenvalue weighted by atomic mass is 10.2. The van der Waals surface area contributed by atoms with Gasteiger partial charge in [0.15, 0.2) is 5.75 Å². The van der Waals surface area contributed by atoms with Crippen molar-refractivity contribution in [2.45, 2.75) is 6.92 Å². The fraction of sp³-hybridized carbons (Fsp3) is 0.182. The zero-order valence-corrected chi connectivity index (χ0v) is 11.3. The molecular weight excluding hydrogens is 309 g/mol. The molecule has 0 saturated heterocycles. The third-order valence-corrected chi connectivity index (χ3v) is 3.06. The van der Waals surface area contributed by atoms with Gasteiger partial charge in [-0.3, -0.25) is 4.18 Å². The summed E-state index contributed by atoms with van der Waals surface area (Å²) in [5.74, 6) is -0.582. The van der Waals surface area contributed by atoms with Gasteiger partial charge in [0.2, 0.25) is 12.3 Å². The van der Waals surface area contributed by atoms with E-state index in [0.29, 0.717) is 12.1 Å². The summed E-state index contributed by atoms with van der Waals surface area (Å²) in [6.07, 6.45) is 0. The summed E-state index contributed by atoms with van der Waals surface area (Å²) in [7, 11) is 0. The molecule has 0 spiro atoms. The van der Waals surface area contributed by atoms with E-state index < -0.39 is 5.95 Å². The van der Waals surface area contributed by atoms with E-state index in [-0.39, 0.29) is 5.75 Å². The highest BCUT2D eigenvalue weighted by Crippen LogP contribution is 2.26. The van der Waals surface area contributed by atoms with Crippen LogP contribution in [-0.2, 0) is 4.18 Å². The first-order valence-electron chi connectivity index (χ1n) is 4.92. The lowest BCUT2D eigenvalue weighted by Gasteiger charge is -2.05. The Morgan fingerprint density at radius 3 is 3.00 bits per heavy atom. The summed E-state index contributed by atoms with van der Waals surface area (Å²) in [5.41, 5.74) is 0.583. The fourth-order valence-corrected chi connectivity index (χ4v) is 1.99. The van der Waals surface area contributed by atoms with Crippen LogP contribution < -0.4 is 4.18 Å².